The summed E-state index contributed by atoms with van der Waals surface area (Å²) < 4.78 is 12.0. The van der Waals surface area contributed by atoms with Crippen molar-refractivity contribution in [2.45, 2.75) is 32.1 Å². The Balaban J connectivity index is 1.61. The maximum atomic E-state index is 6.16. The van der Waals surface area contributed by atoms with Gasteiger partial charge in [-0.25, -0.2) is 9.97 Å². The van der Waals surface area contributed by atoms with Gasteiger partial charge < -0.3 is 15.2 Å². The lowest BCUT2D eigenvalue weighted by molar-refractivity contribution is -0.148. The Bertz CT molecular complexity index is 663. The van der Waals surface area contributed by atoms with E-state index in [1.807, 2.05) is 30.3 Å². The van der Waals surface area contributed by atoms with Crippen molar-refractivity contribution in [3.8, 4) is 5.75 Å². The molecule has 1 aliphatic heterocycles. The maximum Gasteiger partial charge on any atom is 0.144 e. The van der Waals surface area contributed by atoms with Crippen molar-refractivity contribution >= 4 is 5.82 Å². The molecule has 2 aromatic rings. The molecule has 0 saturated carbocycles. The molecular formula is C18H24N4O2. The van der Waals surface area contributed by atoms with Crippen LogP contribution in [-0.2, 0) is 11.3 Å². The third kappa shape index (κ3) is 4.66. The number of aromatic nitrogens is 2. The molecule has 1 fully saturated rings. The van der Waals surface area contributed by atoms with E-state index in [0.717, 1.165) is 24.7 Å². The van der Waals surface area contributed by atoms with E-state index < -0.39 is 0 Å². The SMILES string of the molecule is CC1(C)CN(Cc2nccc(N)n2)C[C@H](COc2ccccc2)O1. The van der Waals surface area contributed by atoms with Crippen molar-refractivity contribution in [2.75, 3.05) is 25.4 Å². The molecule has 0 aliphatic carbocycles. The molecule has 2 heterocycles. The summed E-state index contributed by atoms with van der Waals surface area (Å²) in [6.07, 6.45) is 1.69. The lowest BCUT2D eigenvalue weighted by atomic mass is 10.1. The third-order valence-electron chi connectivity index (χ3n) is 3.82. The van der Waals surface area contributed by atoms with Gasteiger partial charge in [0.15, 0.2) is 0 Å². The zero-order valence-corrected chi connectivity index (χ0v) is 14.2. The average molecular weight is 328 g/mol. The Hall–Kier alpha value is -2.18. The number of rotatable bonds is 5. The molecule has 0 amide bonds. The second-order valence-electron chi connectivity index (χ2n) is 6.69. The molecule has 1 aromatic heterocycles. The molecule has 1 aliphatic rings. The van der Waals surface area contributed by atoms with Gasteiger partial charge in [0, 0.05) is 19.3 Å². The Labute approximate surface area is 142 Å². The lowest BCUT2D eigenvalue weighted by Gasteiger charge is -2.42. The average Bonchev–Trinajstić information content (AvgIpc) is 2.52. The molecule has 6 nitrogen and oxygen atoms in total. The highest BCUT2D eigenvalue weighted by atomic mass is 16.5. The van der Waals surface area contributed by atoms with Crippen LogP contribution in [0.3, 0.4) is 0 Å². The van der Waals surface area contributed by atoms with Crippen molar-refractivity contribution in [3.63, 3.8) is 0 Å². The molecule has 2 N–H and O–H groups in total. The van der Waals surface area contributed by atoms with Gasteiger partial charge in [-0.15, -0.1) is 0 Å². The van der Waals surface area contributed by atoms with Crippen LogP contribution in [0.2, 0.25) is 0 Å². The van der Waals surface area contributed by atoms with Crippen LogP contribution in [-0.4, -0.2) is 46.3 Å². The molecule has 1 aromatic carbocycles. The highest BCUT2D eigenvalue weighted by Crippen LogP contribution is 2.23. The van der Waals surface area contributed by atoms with Gasteiger partial charge in [-0.1, -0.05) is 18.2 Å². The summed E-state index contributed by atoms with van der Waals surface area (Å²) in [5.74, 6) is 2.09. The van der Waals surface area contributed by atoms with Crippen LogP contribution in [0.1, 0.15) is 19.7 Å². The van der Waals surface area contributed by atoms with E-state index in [-0.39, 0.29) is 11.7 Å². The van der Waals surface area contributed by atoms with Crippen LogP contribution >= 0.6 is 0 Å². The van der Waals surface area contributed by atoms with E-state index in [2.05, 4.69) is 28.7 Å². The third-order valence-corrected chi connectivity index (χ3v) is 3.82. The molecule has 0 bridgehead atoms. The van der Waals surface area contributed by atoms with Gasteiger partial charge in [0.2, 0.25) is 0 Å². The summed E-state index contributed by atoms with van der Waals surface area (Å²) in [6, 6.07) is 11.5. The van der Waals surface area contributed by atoms with Gasteiger partial charge in [0.05, 0.1) is 12.1 Å². The molecule has 0 spiro atoms. The zero-order valence-electron chi connectivity index (χ0n) is 14.2. The first-order chi connectivity index (χ1) is 11.5. The zero-order chi connectivity index (χ0) is 17.0. The number of morpholine rings is 1. The van der Waals surface area contributed by atoms with Crippen LogP contribution in [0.15, 0.2) is 42.6 Å². The quantitative estimate of drug-likeness (QED) is 0.906. The summed E-state index contributed by atoms with van der Waals surface area (Å²) in [4.78, 5) is 10.9. The van der Waals surface area contributed by atoms with E-state index in [1.54, 1.807) is 12.3 Å². The molecule has 1 atom stereocenters. The fraction of sp³-hybridized carbons (Fsp3) is 0.444. The van der Waals surface area contributed by atoms with Crippen molar-refractivity contribution in [1.82, 2.24) is 14.9 Å². The van der Waals surface area contributed by atoms with Crippen molar-refractivity contribution in [2.24, 2.45) is 0 Å². The highest BCUT2D eigenvalue weighted by Gasteiger charge is 2.34. The van der Waals surface area contributed by atoms with Crippen molar-refractivity contribution < 1.29 is 9.47 Å². The first kappa shape index (κ1) is 16.7. The van der Waals surface area contributed by atoms with Gasteiger partial charge in [-0.3, -0.25) is 4.90 Å². The second-order valence-corrected chi connectivity index (χ2v) is 6.69. The number of nitrogen functional groups attached to an aromatic ring is 1. The van der Waals surface area contributed by atoms with Gasteiger partial charge >= 0.3 is 0 Å². The van der Waals surface area contributed by atoms with Crippen LogP contribution in [0, 0.1) is 0 Å². The highest BCUT2D eigenvalue weighted by molar-refractivity contribution is 5.25. The smallest absolute Gasteiger partial charge is 0.144 e. The van der Waals surface area contributed by atoms with Crippen molar-refractivity contribution in [1.29, 1.82) is 0 Å². The summed E-state index contributed by atoms with van der Waals surface area (Å²) in [7, 11) is 0. The molecule has 128 valence electrons. The Morgan fingerprint density at radius 1 is 1.29 bits per heavy atom. The van der Waals surface area contributed by atoms with Gasteiger partial charge in [-0.05, 0) is 32.0 Å². The number of hydrogen-bond acceptors (Lipinski definition) is 6. The minimum absolute atomic E-state index is 0.00462. The molecular weight excluding hydrogens is 304 g/mol. The fourth-order valence-electron chi connectivity index (χ4n) is 3.02. The number of para-hydroxylation sites is 1. The number of benzene rings is 1. The topological polar surface area (TPSA) is 73.5 Å². The second kappa shape index (κ2) is 7.15. The van der Waals surface area contributed by atoms with E-state index in [4.69, 9.17) is 15.2 Å². The maximum absolute atomic E-state index is 6.16. The number of hydrogen-bond donors (Lipinski definition) is 1. The normalized spacial score (nSPS) is 20.7. The van der Waals surface area contributed by atoms with E-state index in [9.17, 15) is 0 Å². The first-order valence-electron chi connectivity index (χ1n) is 8.16. The van der Waals surface area contributed by atoms with E-state index >= 15 is 0 Å². The molecule has 1 saturated heterocycles. The minimum Gasteiger partial charge on any atom is -0.491 e. The first-order valence-corrected chi connectivity index (χ1v) is 8.16. The summed E-state index contributed by atoms with van der Waals surface area (Å²) in [6.45, 7) is 6.94. The van der Waals surface area contributed by atoms with Crippen LogP contribution in [0.25, 0.3) is 0 Å². The molecule has 3 rings (SSSR count). The number of ether oxygens (including phenoxy) is 2. The van der Waals surface area contributed by atoms with Gasteiger partial charge in [0.25, 0.3) is 0 Å². The molecule has 0 radical (unpaired) electrons. The molecule has 6 heteroatoms. The van der Waals surface area contributed by atoms with E-state index in [0.29, 0.717) is 19.0 Å². The van der Waals surface area contributed by atoms with Gasteiger partial charge in [0.1, 0.15) is 30.1 Å². The molecule has 0 unspecified atom stereocenters. The summed E-state index contributed by atoms with van der Waals surface area (Å²) in [5, 5.41) is 0. The fourth-order valence-corrected chi connectivity index (χ4v) is 3.02. The number of nitrogens with zero attached hydrogens (tertiary/aromatic N) is 3. The molecule has 24 heavy (non-hydrogen) atoms. The monoisotopic (exact) mass is 328 g/mol. The van der Waals surface area contributed by atoms with Gasteiger partial charge in [-0.2, -0.15) is 0 Å². The van der Waals surface area contributed by atoms with Crippen LogP contribution in [0.4, 0.5) is 5.82 Å². The number of anilines is 1. The Kier molecular flexibility index (Phi) is 4.97. The summed E-state index contributed by atoms with van der Waals surface area (Å²) >= 11 is 0. The van der Waals surface area contributed by atoms with E-state index in [1.165, 1.54) is 0 Å². The lowest BCUT2D eigenvalue weighted by Crippen LogP contribution is -2.54. The largest absolute Gasteiger partial charge is 0.491 e. The predicted molar refractivity (Wildman–Crippen MR) is 92.6 cm³/mol. The predicted octanol–water partition coefficient (Wildman–Crippen LogP) is 2.12. The minimum atomic E-state index is -0.247. The summed E-state index contributed by atoms with van der Waals surface area (Å²) in [5.41, 5.74) is 5.50. The Morgan fingerprint density at radius 2 is 2.08 bits per heavy atom. The standard InChI is InChI=1S/C18H24N4O2/c1-18(2)13-22(11-17-20-9-8-16(19)21-17)10-15(24-18)12-23-14-6-4-3-5-7-14/h3-9,15H,10-13H2,1-2H3,(H2,19,20,21)/t15-/m1/s1. The van der Waals surface area contributed by atoms with Crippen LogP contribution < -0.4 is 10.5 Å². The number of nitrogens with two attached hydrogens (primary N) is 1. The van der Waals surface area contributed by atoms with Crippen molar-refractivity contribution in [3.05, 3.63) is 48.4 Å². The van der Waals surface area contributed by atoms with Crippen LogP contribution in [0.5, 0.6) is 5.75 Å². The Morgan fingerprint density at radius 3 is 2.83 bits per heavy atom.